The maximum atomic E-state index is 12.9. The number of ether oxygens (including phenoxy) is 3. The van der Waals surface area contributed by atoms with Gasteiger partial charge in [0.15, 0.2) is 11.5 Å². The van der Waals surface area contributed by atoms with E-state index >= 15 is 0 Å². The number of carbonyl (C=O) groups is 1. The molecule has 1 fully saturated rings. The Morgan fingerprint density at radius 2 is 1.80 bits per heavy atom. The highest BCUT2D eigenvalue weighted by molar-refractivity contribution is 5.85. The van der Waals surface area contributed by atoms with Crippen LogP contribution in [0.5, 0.6) is 11.5 Å². The van der Waals surface area contributed by atoms with Gasteiger partial charge in [0.1, 0.15) is 0 Å². The fraction of sp³-hybridized carbons (Fsp3) is 0.435. The molecule has 2 atom stereocenters. The second-order valence-corrected chi connectivity index (χ2v) is 7.90. The predicted molar refractivity (Wildman–Crippen MR) is 117 cm³/mol. The molecule has 0 saturated carbocycles. The van der Waals surface area contributed by atoms with Crippen LogP contribution in [0.3, 0.4) is 0 Å². The molecule has 2 aromatic rings. The van der Waals surface area contributed by atoms with Crippen LogP contribution in [0.4, 0.5) is 0 Å². The Bertz CT molecular complexity index is 856. The van der Waals surface area contributed by atoms with E-state index in [0.29, 0.717) is 19.8 Å². The molecular weight excluding hydrogens is 404 g/mol. The first-order valence-electron chi connectivity index (χ1n) is 10.2. The molecule has 2 aliphatic heterocycles. The zero-order valence-electron chi connectivity index (χ0n) is 17.1. The number of benzene rings is 2. The summed E-state index contributed by atoms with van der Waals surface area (Å²) in [5.74, 6) is 1.17. The Morgan fingerprint density at radius 1 is 1.10 bits per heavy atom. The van der Waals surface area contributed by atoms with Crippen molar-refractivity contribution in [1.29, 1.82) is 0 Å². The Hall–Kier alpha value is -2.28. The van der Waals surface area contributed by atoms with Gasteiger partial charge in [0.05, 0.1) is 5.92 Å². The Morgan fingerprint density at radius 3 is 2.53 bits per heavy atom. The van der Waals surface area contributed by atoms with E-state index in [9.17, 15) is 4.79 Å². The lowest BCUT2D eigenvalue weighted by atomic mass is 9.74. The summed E-state index contributed by atoms with van der Waals surface area (Å²) in [6.07, 6.45) is 1.68. The largest absolute Gasteiger partial charge is 0.454 e. The Labute approximate surface area is 183 Å². The van der Waals surface area contributed by atoms with Crippen molar-refractivity contribution in [2.24, 2.45) is 11.7 Å². The molecule has 162 valence electrons. The molecule has 7 heteroatoms. The molecule has 0 spiro atoms. The molecule has 0 aromatic heterocycles. The van der Waals surface area contributed by atoms with Gasteiger partial charge in [0.2, 0.25) is 12.7 Å². The minimum atomic E-state index is -0.340. The lowest BCUT2D eigenvalue weighted by Crippen LogP contribution is -2.46. The van der Waals surface area contributed by atoms with Gasteiger partial charge in [0, 0.05) is 31.2 Å². The molecule has 3 N–H and O–H groups in total. The number of fused-ring (bicyclic) bond motifs is 1. The van der Waals surface area contributed by atoms with Gasteiger partial charge < -0.3 is 25.3 Å². The zero-order chi connectivity index (χ0) is 20.3. The van der Waals surface area contributed by atoms with Crippen LogP contribution in [0.2, 0.25) is 0 Å². The van der Waals surface area contributed by atoms with Crippen molar-refractivity contribution in [3.8, 4) is 11.5 Å². The van der Waals surface area contributed by atoms with Crippen molar-refractivity contribution >= 4 is 18.3 Å². The van der Waals surface area contributed by atoms with Crippen LogP contribution in [0.25, 0.3) is 0 Å². The number of hydrogen-bond donors (Lipinski definition) is 2. The molecule has 1 amide bonds. The second-order valence-electron chi connectivity index (χ2n) is 7.90. The van der Waals surface area contributed by atoms with Crippen molar-refractivity contribution in [2.75, 3.05) is 26.6 Å². The molecule has 0 radical (unpaired) electrons. The van der Waals surface area contributed by atoms with Gasteiger partial charge in [-0.25, -0.2) is 0 Å². The number of nitrogens with two attached hydrogens (primary N) is 1. The summed E-state index contributed by atoms with van der Waals surface area (Å²) in [6, 6.07) is 15.5. The third kappa shape index (κ3) is 4.56. The number of hydrogen-bond acceptors (Lipinski definition) is 5. The number of nitrogens with one attached hydrogen (secondary N) is 1. The number of rotatable bonds is 6. The van der Waals surface area contributed by atoms with Gasteiger partial charge in [-0.3, -0.25) is 4.79 Å². The van der Waals surface area contributed by atoms with E-state index in [4.69, 9.17) is 19.9 Å². The summed E-state index contributed by atoms with van der Waals surface area (Å²) in [5.41, 5.74) is 8.26. The van der Waals surface area contributed by atoms with E-state index in [0.717, 1.165) is 35.5 Å². The van der Waals surface area contributed by atoms with Crippen LogP contribution >= 0.6 is 12.4 Å². The number of amides is 1. The molecule has 2 unspecified atom stereocenters. The Kier molecular flexibility index (Phi) is 7.23. The minimum absolute atomic E-state index is 0. The van der Waals surface area contributed by atoms with Crippen molar-refractivity contribution < 1.29 is 19.0 Å². The van der Waals surface area contributed by atoms with E-state index < -0.39 is 0 Å². The normalized spacial score (nSPS) is 18.7. The second kappa shape index (κ2) is 9.69. The van der Waals surface area contributed by atoms with Gasteiger partial charge in [-0.05, 0) is 36.1 Å². The number of carbonyl (C=O) groups excluding carboxylic acids is 1. The van der Waals surface area contributed by atoms with E-state index in [2.05, 4.69) is 11.4 Å². The van der Waals surface area contributed by atoms with E-state index in [1.165, 1.54) is 0 Å². The van der Waals surface area contributed by atoms with Gasteiger partial charge in [0.25, 0.3) is 0 Å². The topological polar surface area (TPSA) is 82.8 Å². The monoisotopic (exact) mass is 432 g/mol. The highest BCUT2D eigenvalue weighted by atomic mass is 35.5. The summed E-state index contributed by atoms with van der Waals surface area (Å²) < 4.78 is 16.6. The zero-order valence-corrected chi connectivity index (χ0v) is 18.0. The molecular formula is C23H29ClN2O4. The molecule has 6 nitrogen and oxygen atoms in total. The summed E-state index contributed by atoms with van der Waals surface area (Å²) in [4.78, 5) is 12.9. The van der Waals surface area contributed by atoms with Crippen molar-refractivity contribution in [2.45, 2.75) is 31.2 Å². The van der Waals surface area contributed by atoms with Crippen molar-refractivity contribution in [3.63, 3.8) is 0 Å². The fourth-order valence-corrected chi connectivity index (χ4v) is 4.10. The third-order valence-electron chi connectivity index (χ3n) is 6.17. The van der Waals surface area contributed by atoms with Crippen LogP contribution in [-0.2, 0) is 14.9 Å². The summed E-state index contributed by atoms with van der Waals surface area (Å²) in [5, 5.41) is 3.16. The first-order valence-corrected chi connectivity index (χ1v) is 10.2. The maximum Gasteiger partial charge on any atom is 0.231 e. The average molecular weight is 433 g/mol. The van der Waals surface area contributed by atoms with Gasteiger partial charge in [-0.2, -0.15) is 0 Å². The molecule has 4 rings (SSSR count). The molecule has 2 heterocycles. The van der Waals surface area contributed by atoms with Crippen molar-refractivity contribution in [1.82, 2.24) is 5.32 Å². The molecule has 30 heavy (non-hydrogen) atoms. The molecule has 0 aliphatic carbocycles. The van der Waals surface area contributed by atoms with Crippen molar-refractivity contribution in [3.05, 3.63) is 59.7 Å². The summed E-state index contributed by atoms with van der Waals surface area (Å²) in [7, 11) is 0. The molecule has 2 aliphatic rings. The first-order chi connectivity index (χ1) is 14.1. The van der Waals surface area contributed by atoms with Crippen LogP contribution < -0.4 is 20.5 Å². The highest BCUT2D eigenvalue weighted by Gasteiger charge is 2.36. The first kappa shape index (κ1) is 22.4. The lowest BCUT2D eigenvalue weighted by molar-refractivity contribution is -0.125. The van der Waals surface area contributed by atoms with E-state index in [1.807, 2.05) is 49.4 Å². The summed E-state index contributed by atoms with van der Waals surface area (Å²) >= 11 is 0. The van der Waals surface area contributed by atoms with E-state index in [-0.39, 0.29) is 42.5 Å². The molecule has 2 aromatic carbocycles. The lowest BCUT2D eigenvalue weighted by Gasteiger charge is -2.38. The van der Waals surface area contributed by atoms with Gasteiger partial charge in [-0.15, -0.1) is 12.4 Å². The SMILES string of the molecule is CC(C(=O)NCC1(c2ccc3c(c2)OCO3)CCOCC1)C(N)c1ccccc1.Cl. The quantitative estimate of drug-likeness (QED) is 0.731. The third-order valence-corrected chi connectivity index (χ3v) is 6.17. The van der Waals surface area contributed by atoms with E-state index in [1.54, 1.807) is 0 Å². The average Bonchev–Trinajstić information content (AvgIpc) is 3.25. The Balaban J connectivity index is 0.00000256. The fourth-order valence-electron chi connectivity index (χ4n) is 4.10. The molecule has 0 bridgehead atoms. The smallest absolute Gasteiger partial charge is 0.231 e. The van der Waals surface area contributed by atoms with Crippen LogP contribution in [0.1, 0.15) is 36.9 Å². The highest BCUT2D eigenvalue weighted by Crippen LogP contribution is 2.40. The van der Waals surface area contributed by atoms with Gasteiger partial charge in [-0.1, -0.05) is 43.3 Å². The van der Waals surface area contributed by atoms with Crippen LogP contribution in [-0.4, -0.2) is 32.5 Å². The maximum absolute atomic E-state index is 12.9. The van der Waals surface area contributed by atoms with Crippen LogP contribution in [0.15, 0.2) is 48.5 Å². The van der Waals surface area contributed by atoms with Gasteiger partial charge >= 0.3 is 0 Å². The van der Waals surface area contributed by atoms with Crippen LogP contribution in [0, 0.1) is 5.92 Å². The summed E-state index contributed by atoms with van der Waals surface area (Å²) in [6.45, 7) is 4.01. The minimum Gasteiger partial charge on any atom is -0.454 e. The standard InChI is InChI=1S/C23H28N2O4.ClH/c1-16(21(24)17-5-3-2-4-6-17)22(26)25-14-23(9-11-27-12-10-23)18-7-8-19-20(13-18)29-15-28-19;/h2-8,13,16,21H,9-12,14-15,24H2,1H3,(H,25,26);1H. The number of halogens is 1. The molecule has 1 saturated heterocycles. The predicted octanol–water partition coefficient (Wildman–Crippen LogP) is 3.34.